The number of aliphatic hydroxyl groups excluding tert-OH is 1. The van der Waals surface area contributed by atoms with Crippen LogP contribution < -0.4 is 4.74 Å². The molecule has 6 atom stereocenters. The van der Waals surface area contributed by atoms with E-state index in [0.717, 1.165) is 42.7 Å². The first-order valence-corrected chi connectivity index (χ1v) is 14.5. The fraction of sp³-hybridized carbons (Fsp3) is 0.412. The van der Waals surface area contributed by atoms with Gasteiger partial charge in [0, 0.05) is 5.56 Å². The molecule has 0 amide bonds. The third-order valence-corrected chi connectivity index (χ3v) is 10.1. The Labute approximate surface area is 230 Å². The van der Waals surface area contributed by atoms with Crippen molar-refractivity contribution in [3.63, 3.8) is 0 Å². The molecule has 0 spiro atoms. The summed E-state index contributed by atoms with van der Waals surface area (Å²) in [6, 6.07) is 25.5. The van der Waals surface area contributed by atoms with Crippen LogP contribution >= 0.6 is 0 Å². The molecule has 0 bridgehead atoms. The zero-order valence-corrected chi connectivity index (χ0v) is 22.8. The molecule has 39 heavy (non-hydrogen) atoms. The summed E-state index contributed by atoms with van der Waals surface area (Å²) in [5, 5.41) is 20.7. The van der Waals surface area contributed by atoms with Crippen LogP contribution in [-0.4, -0.2) is 26.2 Å². The lowest BCUT2D eigenvalue weighted by Crippen LogP contribution is -2.44. The van der Waals surface area contributed by atoms with E-state index < -0.39 is 6.10 Å². The Morgan fingerprint density at radius 3 is 2.74 bits per heavy atom. The van der Waals surface area contributed by atoms with E-state index in [2.05, 4.69) is 90.9 Å². The van der Waals surface area contributed by atoms with E-state index in [9.17, 15) is 5.11 Å². The van der Waals surface area contributed by atoms with Crippen molar-refractivity contribution >= 4 is 0 Å². The third kappa shape index (κ3) is 4.28. The first kappa shape index (κ1) is 24.6. The Morgan fingerprint density at radius 2 is 1.90 bits per heavy atom. The predicted octanol–water partition coefficient (Wildman–Crippen LogP) is 6.90. The molecule has 3 aliphatic rings. The fourth-order valence-electron chi connectivity index (χ4n) is 8.01. The minimum absolute atomic E-state index is 0.0278. The summed E-state index contributed by atoms with van der Waals surface area (Å²) in [5.41, 5.74) is 7.21. The molecule has 0 unspecified atom stereocenters. The Bertz CT molecular complexity index is 1480. The Balaban J connectivity index is 1.10. The fourth-order valence-corrected chi connectivity index (χ4v) is 8.01. The lowest BCUT2D eigenvalue weighted by Gasteiger charge is -2.50. The summed E-state index contributed by atoms with van der Waals surface area (Å²) in [5.74, 6) is 2.58. The number of aliphatic hydroxyl groups is 1. The summed E-state index contributed by atoms with van der Waals surface area (Å²) in [6.45, 7) is 5.02. The molecule has 0 aliphatic heterocycles. The average Bonchev–Trinajstić information content (AvgIpc) is 3.55. The van der Waals surface area contributed by atoms with Gasteiger partial charge in [0.15, 0.2) is 0 Å². The number of aryl methyl sites for hydroxylation is 2. The zero-order chi connectivity index (χ0) is 26.6. The Morgan fingerprint density at radius 1 is 1.03 bits per heavy atom. The molecule has 2 fully saturated rings. The molecule has 1 heterocycles. The van der Waals surface area contributed by atoms with Crippen LogP contribution in [0.3, 0.4) is 0 Å². The third-order valence-electron chi connectivity index (χ3n) is 10.1. The molecule has 0 radical (unpaired) electrons. The average molecular weight is 520 g/mol. The van der Waals surface area contributed by atoms with Crippen molar-refractivity contribution in [2.24, 2.45) is 17.3 Å². The molecular formula is C34H37N3O2. The largest absolute Gasteiger partial charge is 0.489 e. The number of fused-ring (bicyclic) bond motifs is 5. The van der Waals surface area contributed by atoms with E-state index in [1.807, 2.05) is 16.9 Å². The minimum atomic E-state index is -0.411. The van der Waals surface area contributed by atoms with E-state index in [-0.39, 0.29) is 11.5 Å². The van der Waals surface area contributed by atoms with Gasteiger partial charge in [-0.3, -0.25) is 0 Å². The second-order valence-electron chi connectivity index (χ2n) is 12.3. The second kappa shape index (κ2) is 9.63. The highest BCUT2D eigenvalue weighted by Gasteiger charge is 2.58. The first-order valence-electron chi connectivity index (χ1n) is 14.5. The van der Waals surface area contributed by atoms with Crippen LogP contribution in [0.2, 0.25) is 0 Å². The standard InChI is InChI=1S/C34H37N3O2/c1-22-7-6-10-25(17-22)31-20-37(36-35-31)32-19-30-29-13-11-24-18-26(39-21-23-8-4-3-5-9-23)12-14-27(24)28(29)15-16-34(30,2)33(32)38/h3-10,12,14,17-18,20,28-30,32-33,38H,11,13,15-16,19,21H2,1-2H3/t28-,29-,30+,32-,33-,34-/m1/s1. The van der Waals surface area contributed by atoms with Crippen molar-refractivity contribution in [3.05, 3.63) is 101 Å². The summed E-state index contributed by atoms with van der Waals surface area (Å²) in [6.07, 6.45) is 7.01. The number of aromatic nitrogens is 3. The highest BCUT2D eigenvalue weighted by Crippen LogP contribution is 2.63. The van der Waals surface area contributed by atoms with Crippen molar-refractivity contribution in [2.45, 2.75) is 70.6 Å². The SMILES string of the molecule is Cc1cccc(-c2cn([C@@H]3C[C@H]4[C@@H]5CCc6cc(OCc7ccccc7)ccc6[C@H]5CC[C@@]4(C)[C@@H]3O)nn2)c1. The molecule has 5 nitrogen and oxygen atoms in total. The van der Waals surface area contributed by atoms with Gasteiger partial charge in [0.05, 0.1) is 18.3 Å². The highest BCUT2D eigenvalue weighted by atomic mass is 16.5. The molecule has 7 rings (SSSR count). The molecule has 1 aromatic heterocycles. The van der Waals surface area contributed by atoms with Gasteiger partial charge in [0.25, 0.3) is 0 Å². The van der Waals surface area contributed by atoms with Gasteiger partial charge < -0.3 is 9.84 Å². The summed E-state index contributed by atoms with van der Waals surface area (Å²) < 4.78 is 8.10. The monoisotopic (exact) mass is 519 g/mol. The lowest BCUT2D eigenvalue weighted by molar-refractivity contribution is -0.0321. The maximum atomic E-state index is 11.7. The number of rotatable bonds is 5. The molecule has 5 heteroatoms. The van der Waals surface area contributed by atoms with Gasteiger partial charge in [-0.05, 0) is 97.1 Å². The Kier molecular flexibility index (Phi) is 6.07. The quantitative estimate of drug-likeness (QED) is 0.312. The van der Waals surface area contributed by atoms with E-state index in [4.69, 9.17) is 4.74 Å². The number of nitrogens with zero attached hydrogens (tertiary/aromatic N) is 3. The van der Waals surface area contributed by atoms with Crippen molar-refractivity contribution in [1.82, 2.24) is 15.0 Å². The van der Waals surface area contributed by atoms with E-state index in [1.165, 1.54) is 28.7 Å². The van der Waals surface area contributed by atoms with E-state index in [1.54, 1.807) is 0 Å². The van der Waals surface area contributed by atoms with Crippen molar-refractivity contribution in [1.29, 1.82) is 0 Å². The summed E-state index contributed by atoms with van der Waals surface area (Å²) >= 11 is 0. The predicted molar refractivity (Wildman–Crippen MR) is 152 cm³/mol. The van der Waals surface area contributed by atoms with Crippen molar-refractivity contribution in [2.75, 3.05) is 0 Å². The number of hydrogen-bond acceptors (Lipinski definition) is 4. The van der Waals surface area contributed by atoms with Crippen LogP contribution in [0, 0.1) is 24.2 Å². The summed E-state index contributed by atoms with van der Waals surface area (Å²) in [7, 11) is 0. The van der Waals surface area contributed by atoms with Crippen LogP contribution in [0.1, 0.15) is 66.8 Å². The van der Waals surface area contributed by atoms with Gasteiger partial charge in [0.2, 0.25) is 0 Å². The van der Waals surface area contributed by atoms with Gasteiger partial charge in [-0.1, -0.05) is 72.3 Å². The molecule has 2 saturated carbocycles. The zero-order valence-electron chi connectivity index (χ0n) is 22.8. The molecule has 200 valence electrons. The van der Waals surface area contributed by atoms with E-state index in [0.29, 0.717) is 24.4 Å². The molecule has 3 aromatic carbocycles. The number of ether oxygens (including phenoxy) is 1. The van der Waals surface area contributed by atoms with Gasteiger partial charge in [-0.25, -0.2) is 4.68 Å². The molecular weight excluding hydrogens is 482 g/mol. The van der Waals surface area contributed by atoms with Crippen molar-refractivity contribution in [3.8, 4) is 17.0 Å². The lowest BCUT2D eigenvalue weighted by atomic mass is 9.55. The van der Waals surface area contributed by atoms with Crippen LogP contribution in [0.5, 0.6) is 5.75 Å². The molecule has 0 saturated heterocycles. The van der Waals surface area contributed by atoms with Crippen LogP contribution in [0.25, 0.3) is 11.3 Å². The molecule has 1 N–H and O–H groups in total. The van der Waals surface area contributed by atoms with Gasteiger partial charge in [-0.2, -0.15) is 0 Å². The van der Waals surface area contributed by atoms with Gasteiger partial charge >= 0.3 is 0 Å². The van der Waals surface area contributed by atoms with Crippen LogP contribution in [0.15, 0.2) is 79.0 Å². The van der Waals surface area contributed by atoms with Crippen LogP contribution in [-0.2, 0) is 13.0 Å². The van der Waals surface area contributed by atoms with Gasteiger partial charge in [0.1, 0.15) is 18.1 Å². The first-order chi connectivity index (χ1) is 19.0. The molecule has 4 aromatic rings. The van der Waals surface area contributed by atoms with E-state index >= 15 is 0 Å². The summed E-state index contributed by atoms with van der Waals surface area (Å²) in [4.78, 5) is 0. The Hall–Kier alpha value is -3.44. The maximum Gasteiger partial charge on any atom is 0.120 e. The van der Waals surface area contributed by atoms with Gasteiger partial charge in [-0.15, -0.1) is 5.10 Å². The second-order valence-corrected chi connectivity index (χ2v) is 12.3. The highest BCUT2D eigenvalue weighted by molar-refractivity contribution is 5.58. The van der Waals surface area contributed by atoms with Crippen LogP contribution in [0.4, 0.5) is 0 Å². The molecule has 3 aliphatic carbocycles. The normalized spacial score (nSPS) is 29.4. The minimum Gasteiger partial charge on any atom is -0.489 e. The van der Waals surface area contributed by atoms with Crippen molar-refractivity contribution < 1.29 is 9.84 Å². The topological polar surface area (TPSA) is 60.2 Å². The smallest absolute Gasteiger partial charge is 0.120 e. The number of benzene rings is 3. The number of hydrogen-bond donors (Lipinski definition) is 1. The maximum absolute atomic E-state index is 11.7.